The summed E-state index contributed by atoms with van der Waals surface area (Å²) in [5, 5.41) is 4.51. The van der Waals surface area contributed by atoms with Gasteiger partial charge in [0.25, 0.3) is 0 Å². The highest BCUT2D eigenvalue weighted by molar-refractivity contribution is 5.90. The predicted molar refractivity (Wildman–Crippen MR) is 145 cm³/mol. The second kappa shape index (κ2) is 8.92. The molecule has 2 N–H and O–H groups in total. The summed E-state index contributed by atoms with van der Waals surface area (Å²) in [4.78, 5) is 16.7. The largest absolute Gasteiger partial charge is 0.481 e. The summed E-state index contributed by atoms with van der Waals surface area (Å²) in [5.74, 6) is 1.70. The van der Waals surface area contributed by atoms with Crippen molar-refractivity contribution in [3.63, 3.8) is 0 Å². The van der Waals surface area contributed by atoms with Gasteiger partial charge < -0.3 is 20.3 Å². The van der Waals surface area contributed by atoms with Gasteiger partial charge in [-0.1, -0.05) is 6.07 Å². The van der Waals surface area contributed by atoms with Crippen molar-refractivity contribution >= 4 is 22.7 Å². The van der Waals surface area contributed by atoms with Crippen LogP contribution in [0.2, 0.25) is 0 Å². The number of piperazine rings is 1. The van der Waals surface area contributed by atoms with Gasteiger partial charge in [0.1, 0.15) is 5.82 Å². The van der Waals surface area contributed by atoms with Gasteiger partial charge in [0.2, 0.25) is 5.88 Å². The van der Waals surface area contributed by atoms with E-state index in [1.54, 1.807) is 13.3 Å². The number of nitrogens with two attached hydrogens (primary N) is 1. The number of nitrogens with zero attached hydrogens (tertiary/aromatic N) is 7. The van der Waals surface area contributed by atoms with Crippen molar-refractivity contribution in [3.8, 4) is 17.0 Å². The third-order valence-electron chi connectivity index (χ3n) is 8.20. The number of pyridine rings is 3. The zero-order valence-corrected chi connectivity index (χ0v) is 21.1. The molecule has 8 heterocycles. The van der Waals surface area contributed by atoms with Crippen LogP contribution in [0, 0.1) is 0 Å². The topological polar surface area (TPSA) is 88.0 Å². The fourth-order valence-electron chi connectivity index (χ4n) is 6.20. The number of methoxy groups -OCH3 is 1. The van der Waals surface area contributed by atoms with E-state index in [9.17, 15) is 0 Å². The Hall–Kier alpha value is -3.85. The first kappa shape index (κ1) is 22.4. The van der Waals surface area contributed by atoms with Gasteiger partial charge in [-0.3, -0.25) is 4.90 Å². The lowest BCUT2D eigenvalue weighted by Gasteiger charge is -2.56. The fraction of sp³-hybridized carbons (Fsp3) is 0.393. The van der Waals surface area contributed by atoms with Crippen molar-refractivity contribution in [2.45, 2.75) is 37.9 Å². The number of anilines is 3. The number of piperidine rings is 1. The minimum absolute atomic E-state index is 0.547. The second-order valence-electron chi connectivity index (χ2n) is 10.4. The standard InChI is InChI=1S/C28H32N8O/c1-37-27-7-4-19(12-31-27)15-35-22-10-23(35)17-34(16-22)26-6-5-20(13-30-26)24-11-21(33-8-2-3-9-33)18-36-28(24)25(29)14-32-36/h4-7,11-14,18,22-23H,2-3,8-10,15-17,29H2,1H3. The Bertz CT molecular complexity index is 1400. The van der Waals surface area contributed by atoms with Crippen molar-refractivity contribution in [2.24, 2.45) is 0 Å². The molecule has 4 aliphatic rings. The summed E-state index contributed by atoms with van der Waals surface area (Å²) < 4.78 is 7.10. The van der Waals surface area contributed by atoms with Crippen LogP contribution in [0.3, 0.4) is 0 Å². The van der Waals surface area contributed by atoms with Crippen LogP contribution in [0.25, 0.3) is 16.6 Å². The van der Waals surface area contributed by atoms with Crippen molar-refractivity contribution in [3.05, 3.63) is 60.7 Å². The van der Waals surface area contributed by atoms with Gasteiger partial charge in [-0.2, -0.15) is 5.10 Å². The summed E-state index contributed by atoms with van der Waals surface area (Å²) in [6, 6.07) is 11.7. The van der Waals surface area contributed by atoms with Crippen LogP contribution in [-0.4, -0.2) is 69.9 Å². The molecule has 2 bridgehead atoms. The minimum atomic E-state index is 0.547. The van der Waals surface area contributed by atoms with Gasteiger partial charge in [-0.25, -0.2) is 14.5 Å². The molecule has 0 radical (unpaired) electrons. The van der Waals surface area contributed by atoms with Crippen LogP contribution in [-0.2, 0) is 6.54 Å². The molecule has 37 heavy (non-hydrogen) atoms. The summed E-state index contributed by atoms with van der Waals surface area (Å²) >= 11 is 0. The lowest BCUT2D eigenvalue weighted by Crippen LogP contribution is -2.68. The van der Waals surface area contributed by atoms with Crippen LogP contribution < -0.4 is 20.3 Å². The van der Waals surface area contributed by atoms with E-state index in [-0.39, 0.29) is 0 Å². The van der Waals surface area contributed by atoms with Crippen LogP contribution in [0.15, 0.2) is 55.1 Å². The fourth-order valence-corrected chi connectivity index (χ4v) is 6.20. The van der Waals surface area contributed by atoms with Crippen LogP contribution in [0.5, 0.6) is 5.88 Å². The van der Waals surface area contributed by atoms with Gasteiger partial charge in [0, 0.05) is 74.4 Å². The Morgan fingerprint density at radius 1 is 0.973 bits per heavy atom. The van der Waals surface area contributed by atoms with Crippen molar-refractivity contribution in [1.29, 1.82) is 0 Å². The van der Waals surface area contributed by atoms with E-state index in [4.69, 9.17) is 15.5 Å². The van der Waals surface area contributed by atoms with E-state index in [0.29, 0.717) is 23.7 Å². The lowest BCUT2D eigenvalue weighted by molar-refractivity contribution is -0.00876. The van der Waals surface area contributed by atoms with Crippen LogP contribution >= 0.6 is 0 Å². The lowest BCUT2D eigenvalue weighted by atomic mass is 9.87. The molecule has 0 aliphatic carbocycles. The number of nitrogen functional groups attached to an aromatic ring is 1. The van der Waals surface area contributed by atoms with Crippen LogP contribution in [0.4, 0.5) is 17.2 Å². The average Bonchev–Trinajstić information content (AvgIpc) is 3.62. The monoisotopic (exact) mass is 496 g/mol. The molecule has 190 valence electrons. The molecule has 9 nitrogen and oxygen atoms in total. The average molecular weight is 497 g/mol. The van der Waals surface area contributed by atoms with Gasteiger partial charge in [-0.15, -0.1) is 0 Å². The first-order valence-corrected chi connectivity index (χ1v) is 13.1. The second-order valence-corrected chi connectivity index (χ2v) is 10.4. The molecule has 4 fully saturated rings. The molecule has 8 rings (SSSR count). The zero-order valence-electron chi connectivity index (χ0n) is 21.1. The van der Waals surface area contributed by atoms with Gasteiger partial charge in [0.15, 0.2) is 0 Å². The maximum atomic E-state index is 6.33. The number of hydrogen-bond donors (Lipinski definition) is 1. The zero-order chi connectivity index (χ0) is 24.9. The van der Waals surface area contributed by atoms with E-state index < -0.39 is 0 Å². The summed E-state index contributed by atoms with van der Waals surface area (Å²) in [6.45, 7) is 5.10. The van der Waals surface area contributed by atoms with Crippen molar-refractivity contribution in [1.82, 2.24) is 24.5 Å². The Labute approximate surface area is 216 Å². The molecule has 0 aromatic carbocycles. The molecule has 0 saturated carbocycles. The molecule has 2 atom stereocenters. The quantitative estimate of drug-likeness (QED) is 0.434. The van der Waals surface area contributed by atoms with Crippen LogP contribution in [0.1, 0.15) is 24.8 Å². The summed E-state index contributed by atoms with van der Waals surface area (Å²) in [7, 11) is 1.65. The van der Waals surface area contributed by atoms with Gasteiger partial charge in [0.05, 0.1) is 36.4 Å². The Kier molecular flexibility index (Phi) is 5.39. The Morgan fingerprint density at radius 3 is 2.51 bits per heavy atom. The highest BCUT2D eigenvalue weighted by atomic mass is 16.5. The smallest absolute Gasteiger partial charge is 0.212 e. The van der Waals surface area contributed by atoms with E-state index in [0.717, 1.165) is 55.2 Å². The molecule has 4 aromatic rings. The van der Waals surface area contributed by atoms with Gasteiger partial charge >= 0.3 is 0 Å². The molecule has 0 spiro atoms. The highest BCUT2D eigenvalue weighted by Crippen LogP contribution is 2.37. The van der Waals surface area contributed by atoms with E-state index in [1.807, 2.05) is 23.0 Å². The molecule has 9 heteroatoms. The number of rotatable bonds is 6. The van der Waals surface area contributed by atoms with Crippen molar-refractivity contribution < 1.29 is 4.74 Å². The first-order chi connectivity index (χ1) is 18.2. The summed E-state index contributed by atoms with van der Waals surface area (Å²) in [5.41, 5.74) is 12.5. The number of ether oxygens (including phenoxy) is 1. The highest BCUT2D eigenvalue weighted by Gasteiger charge is 2.44. The van der Waals surface area contributed by atoms with Crippen molar-refractivity contribution in [2.75, 3.05) is 48.8 Å². The SMILES string of the molecule is COc1ccc(CN2C3CC2CN(c2ccc(-c4cc(N5CCCC5)cn5ncc(N)c45)cn2)C3)cn1. The van der Waals surface area contributed by atoms with E-state index in [2.05, 4.69) is 55.2 Å². The third kappa shape index (κ3) is 3.94. The molecular weight excluding hydrogens is 464 g/mol. The molecule has 4 aliphatic heterocycles. The predicted octanol–water partition coefficient (Wildman–Crippen LogP) is 3.45. The number of aromatic nitrogens is 4. The van der Waals surface area contributed by atoms with E-state index >= 15 is 0 Å². The normalized spacial score (nSPS) is 21.4. The molecule has 4 saturated heterocycles. The first-order valence-electron chi connectivity index (χ1n) is 13.1. The third-order valence-corrected chi connectivity index (χ3v) is 8.20. The molecule has 2 unspecified atom stereocenters. The number of hydrogen-bond acceptors (Lipinski definition) is 8. The number of fused-ring (bicyclic) bond motifs is 3. The maximum Gasteiger partial charge on any atom is 0.212 e. The van der Waals surface area contributed by atoms with E-state index in [1.165, 1.54) is 30.5 Å². The molecule has 0 amide bonds. The molecule has 4 aromatic heterocycles. The Balaban J connectivity index is 1.09. The van der Waals surface area contributed by atoms with Gasteiger partial charge in [-0.05, 0) is 43.0 Å². The Morgan fingerprint density at radius 2 is 1.81 bits per heavy atom. The minimum Gasteiger partial charge on any atom is -0.481 e. The molecular formula is C28H32N8O. The maximum absolute atomic E-state index is 6.33. The summed E-state index contributed by atoms with van der Waals surface area (Å²) in [6.07, 6.45) is 11.5.